The molecule has 0 radical (unpaired) electrons. The molecule has 9 heteroatoms. The van der Waals surface area contributed by atoms with E-state index < -0.39 is 36.0 Å². The Bertz CT molecular complexity index is 1060. The first-order valence-electron chi connectivity index (χ1n) is 8.58. The van der Waals surface area contributed by atoms with E-state index in [4.69, 9.17) is 0 Å². The number of carbonyl (C=O) groups is 2. The zero-order valence-electron chi connectivity index (χ0n) is 15.3. The van der Waals surface area contributed by atoms with Crippen LogP contribution in [0.25, 0.3) is 5.69 Å². The van der Waals surface area contributed by atoms with E-state index in [2.05, 4.69) is 10.4 Å². The van der Waals surface area contributed by atoms with E-state index in [0.29, 0.717) is 16.8 Å². The third-order valence-electron chi connectivity index (χ3n) is 4.30. The molecule has 0 saturated carbocycles. The highest BCUT2D eigenvalue weighted by atomic mass is 19.1. The van der Waals surface area contributed by atoms with Gasteiger partial charge in [0, 0.05) is 6.07 Å². The average molecular weight is 401 g/mol. The predicted molar refractivity (Wildman–Crippen MR) is 98.8 cm³/mol. The first-order chi connectivity index (χ1) is 13.7. The summed E-state index contributed by atoms with van der Waals surface area (Å²) in [5.41, 5.74) is 1.07. The van der Waals surface area contributed by atoms with Crippen molar-refractivity contribution in [2.45, 2.75) is 19.4 Å². The van der Waals surface area contributed by atoms with Gasteiger partial charge in [0.15, 0.2) is 5.69 Å². The lowest BCUT2D eigenvalue weighted by atomic mass is 9.98. The molecule has 1 atom stereocenters. The van der Waals surface area contributed by atoms with Gasteiger partial charge in [0.2, 0.25) is 5.88 Å². The summed E-state index contributed by atoms with van der Waals surface area (Å²) < 4.78 is 27.8. The Kier molecular flexibility index (Phi) is 5.58. The fraction of sp³-hybridized carbons (Fsp3) is 0.150. The van der Waals surface area contributed by atoms with Crippen molar-refractivity contribution in [2.24, 2.45) is 0 Å². The van der Waals surface area contributed by atoms with Crippen molar-refractivity contribution in [3.05, 3.63) is 77.0 Å². The van der Waals surface area contributed by atoms with Crippen LogP contribution in [-0.2, 0) is 4.79 Å². The molecule has 1 aromatic heterocycles. The van der Waals surface area contributed by atoms with Gasteiger partial charge in [-0.15, -0.1) is 0 Å². The minimum atomic E-state index is -1.18. The molecule has 1 heterocycles. The highest BCUT2D eigenvalue weighted by Crippen LogP contribution is 2.24. The third kappa shape index (κ3) is 4.57. The second-order valence-electron chi connectivity index (χ2n) is 6.40. The number of aromatic nitrogens is 2. The van der Waals surface area contributed by atoms with Crippen LogP contribution in [0, 0.1) is 18.6 Å². The molecule has 0 bridgehead atoms. The standard InChI is InChI=1S/C20H17F2N3O4/c1-11-2-3-13(22)8-15(11)16(10-19(27)28)23-20(29)17-9-18(26)25(24-17)14-6-4-12(21)5-7-14/h2-9,16,26H,10H2,1H3,(H,23,29)(H,27,28). The van der Waals surface area contributed by atoms with Crippen molar-refractivity contribution in [3.63, 3.8) is 0 Å². The van der Waals surface area contributed by atoms with Crippen molar-refractivity contribution in [1.29, 1.82) is 0 Å². The lowest BCUT2D eigenvalue weighted by Gasteiger charge is -2.19. The van der Waals surface area contributed by atoms with Crippen molar-refractivity contribution < 1.29 is 28.6 Å². The number of halogens is 2. The molecule has 2 aromatic carbocycles. The zero-order chi connectivity index (χ0) is 21.1. The third-order valence-corrected chi connectivity index (χ3v) is 4.30. The van der Waals surface area contributed by atoms with Crippen molar-refractivity contribution in [3.8, 4) is 11.6 Å². The monoisotopic (exact) mass is 401 g/mol. The number of rotatable bonds is 6. The van der Waals surface area contributed by atoms with Gasteiger partial charge in [-0.3, -0.25) is 9.59 Å². The summed E-state index contributed by atoms with van der Waals surface area (Å²) in [6, 6.07) is 9.06. The number of benzene rings is 2. The van der Waals surface area contributed by atoms with Crippen LogP contribution in [0.1, 0.15) is 34.1 Å². The summed E-state index contributed by atoms with van der Waals surface area (Å²) in [4.78, 5) is 23.8. The Morgan fingerprint density at radius 2 is 1.76 bits per heavy atom. The van der Waals surface area contributed by atoms with Crippen LogP contribution in [-0.4, -0.2) is 31.9 Å². The molecule has 3 N–H and O–H groups in total. The number of amides is 1. The van der Waals surface area contributed by atoms with Gasteiger partial charge in [-0.1, -0.05) is 6.07 Å². The molecular weight excluding hydrogens is 384 g/mol. The normalized spacial score (nSPS) is 11.8. The first kappa shape index (κ1) is 20.0. The largest absolute Gasteiger partial charge is 0.493 e. The second-order valence-corrected chi connectivity index (χ2v) is 6.40. The molecule has 0 aliphatic heterocycles. The Morgan fingerprint density at radius 3 is 2.41 bits per heavy atom. The van der Waals surface area contributed by atoms with E-state index >= 15 is 0 Å². The minimum Gasteiger partial charge on any atom is -0.493 e. The summed E-state index contributed by atoms with van der Waals surface area (Å²) in [6.07, 6.45) is -0.472. The van der Waals surface area contributed by atoms with Crippen LogP contribution >= 0.6 is 0 Å². The van der Waals surface area contributed by atoms with Gasteiger partial charge < -0.3 is 15.5 Å². The predicted octanol–water partition coefficient (Wildman–Crippen LogP) is 3.11. The molecule has 0 saturated heterocycles. The maximum Gasteiger partial charge on any atom is 0.305 e. The quantitative estimate of drug-likeness (QED) is 0.589. The van der Waals surface area contributed by atoms with Crippen LogP contribution in [0.3, 0.4) is 0 Å². The summed E-state index contributed by atoms with van der Waals surface area (Å²) in [7, 11) is 0. The van der Waals surface area contributed by atoms with Gasteiger partial charge in [-0.2, -0.15) is 5.10 Å². The molecule has 1 amide bonds. The Balaban J connectivity index is 1.88. The molecule has 7 nitrogen and oxygen atoms in total. The van der Waals surface area contributed by atoms with Crippen LogP contribution in [0.5, 0.6) is 5.88 Å². The number of nitrogens with zero attached hydrogens (tertiary/aromatic N) is 2. The molecule has 0 spiro atoms. The van der Waals surface area contributed by atoms with Gasteiger partial charge in [-0.05, 0) is 54.4 Å². The van der Waals surface area contributed by atoms with Crippen molar-refractivity contribution in [2.75, 3.05) is 0 Å². The average Bonchev–Trinajstić information content (AvgIpc) is 3.05. The fourth-order valence-corrected chi connectivity index (χ4v) is 2.89. The topological polar surface area (TPSA) is 104 Å². The van der Waals surface area contributed by atoms with Crippen molar-refractivity contribution >= 4 is 11.9 Å². The number of carbonyl (C=O) groups excluding carboxylic acids is 1. The van der Waals surface area contributed by atoms with Crippen LogP contribution < -0.4 is 5.32 Å². The summed E-state index contributed by atoms with van der Waals surface area (Å²) >= 11 is 0. The molecule has 0 aliphatic rings. The van der Waals surface area contributed by atoms with Crippen LogP contribution in [0.2, 0.25) is 0 Å². The van der Waals surface area contributed by atoms with Gasteiger partial charge in [0.25, 0.3) is 5.91 Å². The second kappa shape index (κ2) is 8.09. The number of carboxylic acid groups (broad SMARTS) is 1. The highest BCUT2D eigenvalue weighted by molar-refractivity contribution is 5.93. The minimum absolute atomic E-state index is 0.184. The molecule has 3 rings (SSSR count). The number of carboxylic acids is 1. The van der Waals surface area contributed by atoms with E-state index in [0.717, 1.165) is 16.8 Å². The van der Waals surface area contributed by atoms with Gasteiger partial charge in [-0.25, -0.2) is 13.5 Å². The summed E-state index contributed by atoms with van der Waals surface area (Å²) in [5.74, 6) is -3.33. The summed E-state index contributed by atoms with van der Waals surface area (Å²) in [6.45, 7) is 1.67. The number of nitrogens with one attached hydrogen (secondary N) is 1. The Morgan fingerprint density at radius 1 is 1.10 bits per heavy atom. The Hall–Kier alpha value is -3.75. The Labute approximate surface area is 164 Å². The molecule has 0 aliphatic carbocycles. The van der Waals surface area contributed by atoms with Crippen molar-refractivity contribution in [1.82, 2.24) is 15.1 Å². The van der Waals surface area contributed by atoms with E-state index in [1.807, 2.05) is 0 Å². The SMILES string of the molecule is Cc1ccc(F)cc1C(CC(=O)O)NC(=O)c1cc(O)n(-c2ccc(F)cc2)n1. The van der Waals surface area contributed by atoms with Gasteiger partial charge in [0.1, 0.15) is 11.6 Å². The summed E-state index contributed by atoms with van der Waals surface area (Å²) in [5, 5.41) is 25.7. The number of aryl methyl sites for hydroxylation is 1. The number of aliphatic carboxylic acids is 1. The number of aromatic hydroxyl groups is 1. The first-order valence-corrected chi connectivity index (χ1v) is 8.58. The van der Waals surface area contributed by atoms with E-state index in [1.165, 1.54) is 36.4 Å². The van der Waals surface area contributed by atoms with Gasteiger partial charge in [0.05, 0.1) is 18.2 Å². The molecule has 29 heavy (non-hydrogen) atoms. The number of hydrogen-bond acceptors (Lipinski definition) is 4. The maximum absolute atomic E-state index is 13.6. The zero-order valence-corrected chi connectivity index (χ0v) is 15.3. The van der Waals surface area contributed by atoms with E-state index in [9.17, 15) is 28.6 Å². The molecule has 3 aromatic rings. The fourth-order valence-electron chi connectivity index (χ4n) is 2.89. The molecule has 1 unspecified atom stereocenters. The maximum atomic E-state index is 13.6. The number of hydrogen-bond donors (Lipinski definition) is 3. The molecule has 0 fully saturated rings. The van der Waals surface area contributed by atoms with Crippen LogP contribution in [0.4, 0.5) is 8.78 Å². The lowest BCUT2D eigenvalue weighted by molar-refractivity contribution is -0.137. The van der Waals surface area contributed by atoms with Crippen LogP contribution in [0.15, 0.2) is 48.5 Å². The lowest BCUT2D eigenvalue weighted by Crippen LogP contribution is -2.31. The van der Waals surface area contributed by atoms with E-state index in [-0.39, 0.29) is 11.6 Å². The molecule has 150 valence electrons. The van der Waals surface area contributed by atoms with Gasteiger partial charge >= 0.3 is 5.97 Å². The highest BCUT2D eigenvalue weighted by Gasteiger charge is 2.23. The smallest absolute Gasteiger partial charge is 0.305 e. The molecular formula is C20H17F2N3O4. The van der Waals surface area contributed by atoms with E-state index in [1.54, 1.807) is 6.92 Å².